The summed E-state index contributed by atoms with van der Waals surface area (Å²) in [5.41, 5.74) is 3.06. The van der Waals surface area contributed by atoms with Gasteiger partial charge in [-0.15, -0.1) is 0 Å². The van der Waals surface area contributed by atoms with Crippen LogP contribution in [-0.4, -0.2) is 29.2 Å². The second-order valence-corrected chi connectivity index (χ2v) is 6.73. The first-order valence-electron chi connectivity index (χ1n) is 7.84. The average molecular weight is 377 g/mol. The summed E-state index contributed by atoms with van der Waals surface area (Å²) >= 11 is 3.48. The van der Waals surface area contributed by atoms with E-state index in [2.05, 4.69) is 49.5 Å². The van der Waals surface area contributed by atoms with Crippen LogP contribution >= 0.6 is 15.9 Å². The monoisotopic (exact) mass is 376 g/mol. The fourth-order valence-electron chi connectivity index (χ4n) is 2.63. The Hall–Kier alpha value is -1.66. The second-order valence-electron chi connectivity index (χ2n) is 5.82. The minimum absolute atomic E-state index is 0.287. The zero-order valence-corrected chi connectivity index (χ0v) is 15.0. The van der Waals surface area contributed by atoms with Crippen LogP contribution in [0.1, 0.15) is 24.1 Å². The molecule has 1 unspecified atom stereocenters. The molecule has 0 radical (unpaired) electrons. The van der Waals surface area contributed by atoms with Crippen molar-refractivity contribution >= 4 is 33.4 Å². The molecule has 5 nitrogen and oxygen atoms in total. The zero-order valence-electron chi connectivity index (χ0n) is 13.4. The highest BCUT2D eigenvalue weighted by molar-refractivity contribution is 9.10. The predicted molar refractivity (Wildman–Crippen MR) is 96.4 cm³/mol. The summed E-state index contributed by atoms with van der Waals surface area (Å²) in [6.07, 6.45) is 2.54. The number of rotatable bonds is 5. The van der Waals surface area contributed by atoms with E-state index in [-0.39, 0.29) is 6.10 Å². The van der Waals surface area contributed by atoms with Gasteiger partial charge in [0, 0.05) is 35.1 Å². The number of nitrogens with zero attached hydrogens (tertiary/aromatic N) is 2. The first kappa shape index (κ1) is 16.2. The van der Waals surface area contributed by atoms with Crippen LogP contribution in [0.2, 0.25) is 0 Å². The molecule has 1 aliphatic rings. The van der Waals surface area contributed by atoms with E-state index < -0.39 is 0 Å². The van der Waals surface area contributed by atoms with Crippen LogP contribution in [0.3, 0.4) is 0 Å². The molecular weight excluding hydrogens is 356 g/mol. The summed E-state index contributed by atoms with van der Waals surface area (Å²) in [6, 6.07) is 8.04. The predicted octanol–water partition coefficient (Wildman–Crippen LogP) is 4.19. The van der Waals surface area contributed by atoms with Gasteiger partial charge >= 0.3 is 0 Å². The van der Waals surface area contributed by atoms with Crippen molar-refractivity contribution in [1.29, 1.82) is 0 Å². The van der Waals surface area contributed by atoms with Crippen LogP contribution in [0.25, 0.3) is 0 Å². The van der Waals surface area contributed by atoms with Crippen molar-refractivity contribution in [3.63, 3.8) is 0 Å². The number of ether oxygens (including phenoxy) is 1. The molecule has 0 amide bonds. The molecule has 23 heavy (non-hydrogen) atoms. The van der Waals surface area contributed by atoms with Crippen molar-refractivity contribution in [1.82, 2.24) is 9.97 Å². The SMILES string of the molecule is Cc1cc(NCC2CCCO2)nc(Nc2ccc(Br)cc2C)n1. The van der Waals surface area contributed by atoms with Crippen LogP contribution in [-0.2, 0) is 4.74 Å². The van der Waals surface area contributed by atoms with E-state index in [0.717, 1.165) is 53.2 Å². The normalized spacial score (nSPS) is 17.3. The third-order valence-electron chi connectivity index (χ3n) is 3.82. The van der Waals surface area contributed by atoms with E-state index in [9.17, 15) is 0 Å². The van der Waals surface area contributed by atoms with Gasteiger partial charge in [0.1, 0.15) is 5.82 Å². The van der Waals surface area contributed by atoms with Crippen LogP contribution in [0.15, 0.2) is 28.7 Å². The number of hydrogen-bond donors (Lipinski definition) is 2. The number of hydrogen-bond acceptors (Lipinski definition) is 5. The van der Waals surface area contributed by atoms with Crippen molar-refractivity contribution in [3.8, 4) is 0 Å². The highest BCUT2D eigenvalue weighted by atomic mass is 79.9. The molecule has 1 aromatic carbocycles. The lowest BCUT2D eigenvalue weighted by atomic mass is 10.2. The molecule has 1 aromatic heterocycles. The highest BCUT2D eigenvalue weighted by Crippen LogP contribution is 2.23. The molecule has 0 saturated carbocycles. The van der Waals surface area contributed by atoms with Crippen LogP contribution in [0.4, 0.5) is 17.5 Å². The average Bonchev–Trinajstić information content (AvgIpc) is 3.01. The molecule has 2 aromatic rings. The van der Waals surface area contributed by atoms with Crippen LogP contribution in [0, 0.1) is 13.8 Å². The van der Waals surface area contributed by atoms with Gasteiger partial charge in [0.05, 0.1) is 6.10 Å². The highest BCUT2D eigenvalue weighted by Gasteiger charge is 2.15. The molecule has 0 spiro atoms. The smallest absolute Gasteiger partial charge is 0.229 e. The lowest BCUT2D eigenvalue weighted by molar-refractivity contribution is 0.120. The van der Waals surface area contributed by atoms with Crippen molar-refractivity contribution in [2.75, 3.05) is 23.8 Å². The van der Waals surface area contributed by atoms with Gasteiger partial charge in [-0.3, -0.25) is 0 Å². The summed E-state index contributed by atoms with van der Waals surface area (Å²) < 4.78 is 6.69. The Bertz CT molecular complexity index is 686. The molecule has 1 aliphatic heterocycles. The minimum Gasteiger partial charge on any atom is -0.376 e. The maximum absolute atomic E-state index is 5.63. The Labute approximate surface area is 145 Å². The number of aryl methyl sites for hydroxylation is 2. The first-order chi connectivity index (χ1) is 11.1. The first-order valence-corrected chi connectivity index (χ1v) is 8.64. The Morgan fingerprint density at radius 2 is 2.13 bits per heavy atom. The molecule has 6 heteroatoms. The molecule has 0 bridgehead atoms. The summed E-state index contributed by atoms with van der Waals surface area (Å²) in [7, 11) is 0. The third-order valence-corrected chi connectivity index (χ3v) is 4.32. The number of anilines is 3. The number of benzene rings is 1. The number of halogens is 1. The van der Waals surface area contributed by atoms with Crippen LogP contribution in [0.5, 0.6) is 0 Å². The van der Waals surface area contributed by atoms with Crippen molar-refractivity contribution < 1.29 is 4.74 Å². The molecular formula is C17H21BrN4O. The van der Waals surface area contributed by atoms with Gasteiger partial charge in [0.15, 0.2) is 0 Å². The summed E-state index contributed by atoms with van der Waals surface area (Å²) in [5.74, 6) is 1.43. The molecule has 0 aliphatic carbocycles. The summed E-state index contributed by atoms with van der Waals surface area (Å²) in [6.45, 7) is 5.68. The summed E-state index contributed by atoms with van der Waals surface area (Å²) in [5, 5.41) is 6.65. The van der Waals surface area contributed by atoms with E-state index in [4.69, 9.17) is 4.74 Å². The maximum atomic E-state index is 5.63. The maximum Gasteiger partial charge on any atom is 0.229 e. The van der Waals surface area contributed by atoms with Crippen molar-refractivity contribution in [2.45, 2.75) is 32.8 Å². The van der Waals surface area contributed by atoms with E-state index >= 15 is 0 Å². The number of aromatic nitrogens is 2. The minimum atomic E-state index is 0.287. The lowest BCUT2D eigenvalue weighted by Crippen LogP contribution is -2.19. The molecule has 3 rings (SSSR count). The molecule has 122 valence electrons. The van der Waals surface area contributed by atoms with Crippen molar-refractivity contribution in [2.24, 2.45) is 0 Å². The topological polar surface area (TPSA) is 59.1 Å². The van der Waals surface area contributed by atoms with Crippen LogP contribution < -0.4 is 10.6 Å². The van der Waals surface area contributed by atoms with Gasteiger partial charge in [-0.05, 0) is 50.5 Å². The third kappa shape index (κ3) is 4.42. The fourth-order valence-corrected chi connectivity index (χ4v) is 3.10. The lowest BCUT2D eigenvalue weighted by Gasteiger charge is -2.13. The van der Waals surface area contributed by atoms with E-state index in [1.165, 1.54) is 0 Å². The standard InChI is InChI=1S/C17H21BrN4O/c1-11-8-13(18)5-6-15(11)21-17-20-12(2)9-16(22-17)19-10-14-4-3-7-23-14/h5-6,8-9,14H,3-4,7,10H2,1-2H3,(H2,19,20,21,22). The Balaban J connectivity index is 1.71. The van der Waals surface area contributed by atoms with E-state index in [1.807, 2.05) is 25.1 Å². The molecule has 1 atom stereocenters. The molecule has 1 saturated heterocycles. The van der Waals surface area contributed by atoms with Gasteiger partial charge in [0.25, 0.3) is 0 Å². The fraction of sp³-hybridized carbons (Fsp3) is 0.412. The van der Waals surface area contributed by atoms with Gasteiger partial charge < -0.3 is 15.4 Å². The molecule has 2 N–H and O–H groups in total. The van der Waals surface area contributed by atoms with Gasteiger partial charge in [-0.1, -0.05) is 15.9 Å². The Morgan fingerprint density at radius 3 is 2.87 bits per heavy atom. The van der Waals surface area contributed by atoms with Gasteiger partial charge in [0.2, 0.25) is 5.95 Å². The van der Waals surface area contributed by atoms with E-state index in [1.54, 1.807) is 0 Å². The molecule has 2 heterocycles. The van der Waals surface area contributed by atoms with Crippen molar-refractivity contribution in [3.05, 3.63) is 40.0 Å². The Kier molecular flexibility index (Phi) is 5.13. The largest absolute Gasteiger partial charge is 0.376 e. The number of nitrogens with one attached hydrogen (secondary N) is 2. The Morgan fingerprint density at radius 1 is 1.26 bits per heavy atom. The van der Waals surface area contributed by atoms with Gasteiger partial charge in [-0.25, -0.2) is 4.98 Å². The zero-order chi connectivity index (χ0) is 16.2. The molecule has 1 fully saturated rings. The van der Waals surface area contributed by atoms with Gasteiger partial charge in [-0.2, -0.15) is 4.98 Å². The summed E-state index contributed by atoms with van der Waals surface area (Å²) in [4.78, 5) is 9.02. The quantitative estimate of drug-likeness (QED) is 0.818. The second kappa shape index (κ2) is 7.27. The van der Waals surface area contributed by atoms with E-state index in [0.29, 0.717) is 5.95 Å².